The highest BCUT2D eigenvalue weighted by Gasteiger charge is 2.14. The maximum atomic E-state index is 12.6. The van der Waals surface area contributed by atoms with Gasteiger partial charge in [-0.15, -0.1) is 11.3 Å². The first-order chi connectivity index (χ1) is 12.4. The van der Waals surface area contributed by atoms with Crippen LogP contribution in [0.15, 0.2) is 18.2 Å². The fourth-order valence-electron chi connectivity index (χ4n) is 2.56. The van der Waals surface area contributed by atoms with E-state index in [1.54, 1.807) is 6.07 Å². The molecule has 26 heavy (non-hydrogen) atoms. The summed E-state index contributed by atoms with van der Waals surface area (Å²) in [4.78, 5) is 28.5. The van der Waals surface area contributed by atoms with Gasteiger partial charge in [0.25, 0.3) is 5.91 Å². The topological polar surface area (TPSA) is 91.3 Å². The number of carbonyl (C=O) groups excluding carboxylic acids is 1. The molecule has 7 heteroatoms. The highest BCUT2D eigenvalue weighted by atomic mass is 32.1. The number of carbonyl (C=O) groups is 2. The van der Waals surface area contributed by atoms with E-state index in [4.69, 9.17) is 5.11 Å². The minimum Gasteiger partial charge on any atom is -0.481 e. The van der Waals surface area contributed by atoms with Crippen LogP contribution in [0.3, 0.4) is 0 Å². The van der Waals surface area contributed by atoms with E-state index in [1.165, 1.54) is 11.3 Å². The third-order valence-corrected chi connectivity index (χ3v) is 5.20. The van der Waals surface area contributed by atoms with Gasteiger partial charge in [-0.2, -0.15) is 0 Å². The van der Waals surface area contributed by atoms with Crippen LogP contribution in [-0.4, -0.2) is 28.5 Å². The molecule has 0 atom stereocenters. The van der Waals surface area contributed by atoms with Gasteiger partial charge in [0.05, 0.1) is 5.69 Å². The first-order valence-corrected chi connectivity index (χ1v) is 9.50. The van der Waals surface area contributed by atoms with Gasteiger partial charge in [0.15, 0.2) is 5.13 Å². The van der Waals surface area contributed by atoms with Gasteiger partial charge in [0.2, 0.25) is 0 Å². The third kappa shape index (κ3) is 5.56. The number of nitrogens with one attached hydrogen (secondary N) is 2. The van der Waals surface area contributed by atoms with Gasteiger partial charge in [-0.05, 0) is 51.3 Å². The standard InChI is InChI=1S/C19H25N3O3S/c1-12-15(18(25)22-19-21-13(2)14(3)26-19)8-7-9-16(12)20-11-6-4-5-10-17(23)24/h7-9,20H,4-6,10-11H2,1-3H3,(H,23,24)(H,21,22,25). The second-order valence-electron chi connectivity index (χ2n) is 6.22. The SMILES string of the molecule is Cc1nc(NC(=O)c2cccc(NCCCCCC(=O)O)c2C)sc1C. The molecule has 0 unspecified atom stereocenters. The summed E-state index contributed by atoms with van der Waals surface area (Å²) < 4.78 is 0. The van der Waals surface area contributed by atoms with Crippen molar-refractivity contribution in [3.63, 3.8) is 0 Å². The molecule has 0 aliphatic rings. The Kier molecular flexibility index (Phi) is 7.15. The molecule has 3 N–H and O–H groups in total. The van der Waals surface area contributed by atoms with Crippen LogP contribution in [0.2, 0.25) is 0 Å². The first-order valence-electron chi connectivity index (χ1n) is 8.69. The summed E-state index contributed by atoms with van der Waals surface area (Å²) in [5, 5.41) is 15.4. The summed E-state index contributed by atoms with van der Waals surface area (Å²) in [7, 11) is 0. The highest BCUT2D eigenvalue weighted by Crippen LogP contribution is 2.24. The number of anilines is 2. The van der Waals surface area contributed by atoms with Crippen LogP contribution in [0.5, 0.6) is 0 Å². The van der Waals surface area contributed by atoms with Gasteiger partial charge in [0.1, 0.15) is 0 Å². The van der Waals surface area contributed by atoms with Crippen molar-refractivity contribution in [3.05, 3.63) is 39.9 Å². The van der Waals surface area contributed by atoms with Crippen LogP contribution >= 0.6 is 11.3 Å². The molecule has 2 rings (SSSR count). The van der Waals surface area contributed by atoms with Gasteiger partial charge in [-0.25, -0.2) is 4.98 Å². The lowest BCUT2D eigenvalue weighted by Gasteiger charge is -2.13. The zero-order valence-electron chi connectivity index (χ0n) is 15.4. The first kappa shape index (κ1) is 19.9. The number of aliphatic carboxylic acids is 1. The van der Waals surface area contributed by atoms with Crippen LogP contribution in [0.25, 0.3) is 0 Å². The molecule has 0 aliphatic carbocycles. The Morgan fingerprint density at radius 2 is 1.92 bits per heavy atom. The van der Waals surface area contributed by atoms with Crippen LogP contribution in [0, 0.1) is 20.8 Å². The monoisotopic (exact) mass is 375 g/mol. The molecule has 0 spiro atoms. The van der Waals surface area contributed by atoms with Crippen LogP contribution in [0.1, 0.15) is 52.2 Å². The summed E-state index contributed by atoms with van der Waals surface area (Å²) in [6, 6.07) is 5.60. The number of hydrogen-bond acceptors (Lipinski definition) is 5. The second-order valence-corrected chi connectivity index (χ2v) is 7.43. The third-order valence-electron chi connectivity index (χ3n) is 4.21. The molecule has 1 aromatic carbocycles. The average Bonchev–Trinajstić information content (AvgIpc) is 2.89. The number of aryl methyl sites for hydroxylation is 2. The Hall–Kier alpha value is -2.41. The number of carboxylic acids is 1. The molecule has 6 nitrogen and oxygen atoms in total. The number of aromatic nitrogens is 1. The molecule has 1 amide bonds. The molecule has 1 heterocycles. The number of hydrogen-bond donors (Lipinski definition) is 3. The number of thiazole rings is 1. The zero-order chi connectivity index (χ0) is 19.1. The molecule has 140 valence electrons. The molecule has 0 fully saturated rings. The van der Waals surface area contributed by atoms with E-state index in [0.29, 0.717) is 17.1 Å². The number of benzene rings is 1. The quantitative estimate of drug-likeness (QED) is 0.566. The molecule has 0 radical (unpaired) electrons. The van der Waals surface area contributed by atoms with Gasteiger partial charge >= 0.3 is 5.97 Å². The van der Waals surface area contributed by atoms with Crippen molar-refractivity contribution in [2.75, 3.05) is 17.2 Å². The van der Waals surface area contributed by atoms with Crippen LogP contribution in [-0.2, 0) is 4.79 Å². The minimum atomic E-state index is -0.752. The van der Waals surface area contributed by atoms with Crippen molar-refractivity contribution in [2.45, 2.75) is 46.5 Å². The Morgan fingerprint density at radius 3 is 2.58 bits per heavy atom. The van der Waals surface area contributed by atoms with Gasteiger partial charge in [-0.3, -0.25) is 14.9 Å². The molecular weight excluding hydrogens is 350 g/mol. The Balaban J connectivity index is 1.93. The van der Waals surface area contributed by atoms with Crippen molar-refractivity contribution in [1.29, 1.82) is 0 Å². The Morgan fingerprint density at radius 1 is 1.15 bits per heavy atom. The van der Waals surface area contributed by atoms with Gasteiger partial charge in [-0.1, -0.05) is 12.5 Å². The fourth-order valence-corrected chi connectivity index (χ4v) is 3.37. The van der Waals surface area contributed by atoms with Crippen LogP contribution in [0.4, 0.5) is 10.8 Å². The summed E-state index contributed by atoms with van der Waals surface area (Å²) >= 11 is 1.47. The Labute approximate surface area is 157 Å². The fraction of sp³-hybridized carbons (Fsp3) is 0.421. The normalized spacial score (nSPS) is 10.6. The lowest BCUT2D eigenvalue weighted by molar-refractivity contribution is -0.137. The van der Waals surface area contributed by atoms with E-state index in [2.05, 4.69) is 15.6 Å². The van der Waals surface area contributed by atoms with E-state index in [9.17, 15) is 9.59 Å². The van der Waals surface area contributed by atoms with E-state index in [0.717, 1.165) is 41.2 Å². The largest absolute Gasteiger partial charge is 0.481 e. The van der Waals surface area contributed by atoms with Crippen LogP contribution < -0.4 is 10.6 Å². The average molecular weight is 375 g/mol. The molecule has 1 aromatic heterocycles. The lowest BCUT2D eigenvalue weighted by atomic mass is 10.1. The number of carboxylic acid groups (broad SMARTS) is 1. The van der Waals surface area contributed by atoms with Crippen molar-refractivity contribution in [3.8, 4) is 0 Å². The van der Waals surface area contributed by atoms with E-state index >= 15 is 0 Å². The predicted molar refractivity (Wildman–Crippen MR) is 105 cm³/mol. The zero-order valence-corrected chi connectivity index (χ0v) is 16.2. The lowest BCUT2D eigenvalue weighted by Crippen LogP contribution is -2.14. The maximum Gasteiger partial charge on any atom is 0.303 e. The minimum absolute atomic E-state index is 0.165. The maximum absolute atomic E-state index is 12.6. The number of amides is 1. The molecule has 0 saturated carbocycles. The molecule has 0 bridgehead atoms. The van der Waals surface area contributed by atoms with Crippen molar-refractivity contribution < 1.29 is 14.7 Å². The van der Waals surface area contributed by atoms with E-state index in [-0.39, 0.29) is 12.3 Å². The summed E-state index contributed by atoms with van der Waals surface area (Å²) in [6.07, 6.45) is 2.65. The molecular formula is C19H25N3O3S. The van der Waals surface area contributed by atoms with E-state index in [1.807, 2.05) is 32.9 Å². The summed E-state index contributed by atoms with van der Waals surface area (Å²) in [5.41, 5.74) is 3.36. The van der Waals surface area contributed by atoms with Gasteiger partial charge < -0.3 is 10.4 Å². The molecule has 0 aliphatic heterocycles. The summed E-state index contributed by atoms with van der Waals surface area (Å²) in [5.74, 6) is -0.917. The predicted octanol–water partition coefficient (Wildman–Crippen LogP) is 4.38. The number of unbranched alkanes of at least 4 members (excludes halogenated alkanes) is 2. The van der Waals surface area contributed by atoms with Gasteiger partial charge in [0, 0.05) is 29.1 Å². The van der Waals surface area contributed by atoms with Crippen molar-refractivity contribution in [2.24, 2.45) is 0 Å². The molecule has 2 aromatic rings. The summed E-state index contributed by atoms with van der Waals surface area (Å²) in [6.45, 7) is 6.57. The van der Waals surface area contributed by atoms with E-state index < -0.39 is 5.97 Å². The van der Waals surface area contributed by atoms with Crippen molar-refractivity contribution in [1.82, 2.24) is 4.98 Å². The number of nitrogens with zero attached hydrogens (tertiary/aromatic N) is 1. The smallest absolute Gasteiger partial charge is 0.303 e. The van der Waals surface area contributed by atoms with Crippen molar-refractivity contribution >= 4 is 34.0 Å². The molecule has 0 saturated heterocycles. The second kappa shape index (κ2) is 9.33. The number of rotatable bonds is 9. The highest BCUT2D eigenvalue weighted by molar-refractivity contribution is 7.15. The Bertz CT molecular complexity index is 767.